The predicted molar refractivity (Wildman–Crippen MR) is 54.7 cm³/mol. The first-order valence-electron chi connectivity index (χ1n) is 3.98. The fourth-order valence-electron chi connectivity index (χ4n) is 1.21. The quantitative estimate of drug-likeness (QED) is 0.623. The molecule has 64 valence electrons. The first-order chi connectivity index (χ1) is 5.29. The lowest BCUT2D eigenvalue weighted by atomic mass is 10.6. The van der Waals surface area contributed by atoms with E-state index >= 15 is 0 Å². The van der Waals surface area contributed by atoms with Gasteiger partial charge in [-0.25, -0.2) is 5.01 Å². The highest BCUT2D eigenvalue weighted by molar-refractivity contribution is 8.23. The Morgan fingerprint density at radius 2 is 2.18 bits per heavy atom. The van der Waals surface area contributed by atoms with E-state index in [9.17, 15) is 0 Å². The van der Waals surface area contributed by atoms with Crippen LogP contribution in [0.15, 0.2) is 0 Å². The van der Waals surface area contributed by atoms with Crippen LogP contribution < -0.4 is 0 Å². The zero-order valence-corrected chi connectivity index (χ0v) is 8.67. The van der Waals surface area contributed by atoms with Gasteiger partial charge in [0.25, 0.3) is 0 Å². The van der Waals surface area contributed by atoms with Crippen LogP contribution in [-0.2, 0) is 0 Å². The molecule has 0 aromatic heterocycles. The molecule has 0 amide bonds. The molecule has 0 bridgehead atoms. The number of thioether (sulfide) groups is 1. The van der Waals surface area contributed by atoms with Gasteiger partial charge in [0.15, 0.2) is 4.32 Å². The lowest BCUT2D eigenvalue weighted by Gasteiger charge is -2.30. The molecule has 4 heteroatoms. The summed E-state index contributed by atoms with van der Waals surface area (Å²) in [5.74, 6) is 1.15. The summed E-state index contributed by atoms with van der Waals surface area (Å²) < 4.78 is 1.04. The molecule has 0 aliphatic carbocycles. The SMILES string of the molecule is CCN(CC)N1CCSC1=S. The monoisotopic (exact) mass is 190 g/mol. The summed E-state index contributed by atoms with van der Waals surface area (Å²) in [5, 5.41) is 4.49. The fourth-order valence-corrected chi connectivity index (χ4v) is 2.46. The minimum absolute atomic E-state index is 1.04. The average molecular weight is 190 g/mol. The Morgan fingerprint density at radius 3 is 2.55 bits per heavy atom. The highest BCUT2D eigenvalue weighted by atomic mass is 32.2. The molecule has 0 spiro atoms. The first kappa shape index (κ1) is 9.29. The van der Waals surface area contributed by atoms with Crippen molar-refractivity contribution in [1.82, 2.24) is 10.0 Å². The normalized spacial score (nSPS) is 18.5. The number of hydrogen-bond donors (Lipinski definition) is 0. The largest absolute Gasteiger partial charge is 0.290 e. The third kappa shape index (κ3) is 2.07. The van der Waals surface area contributed by atoms with E-state index in [0.717, 1.165) is 29.7 Å². The molecule has 0 aromatic carbocycles. The van der Waals surface area contributed by atoms with Crippen molar-refractivity contribution >= 4 is 28.3 Å². The Labute approximate surface area is 77.9 Å². The second-order valence-electron chi connectivity index (χ2n) is 2.38. The van der Waals surface area contributed by atoms with Gasteiger partial charge in [0.1, 0.15) is 0 Å². The number of hydrogen-bond acceptors (Lipinski definition) is 3. The lowest BCUT2D eigenvalue weighted by Crippen LogP contribution is -2.42. The summed E-state index contributed by atoms with van der Waals surface area (Å²) in [7, 11) is 0. The van der Waals surface area contributed by atoms with Gasteiger partial charge in [0, 0.05) is 25.4 Å². The second-order valence-corrected chi connectivity index (χ2v) is 4.11. The number of thiocarbonyl (C=S) groups is 1. The molecule has 0 saturated carbocycles. The van der Waals surface area contributed by atoms with Crippen LogP contribution in [0.2, 0.25) is 0 Å². The maximum atomic E-state index is 5.20. The van der Waals surface area contributed by atoms with E-state index in [2.05, 4.69) is 23.9 Å². The van der Waals surface area contributed by atoms with Crippen molar-refractivity contribution in [2.24, 2.45) is 0 Å². The zero-order chi connectivity index (χ0) is 8.27. The third-order valence-electron chi connectivity index (χ3n) is 1.81. The molecule has 1 heterocycles. The van der Waals surface area contributed by atoms with Gasteiger partial charge in [-0.2, -0.15) is 0 Å². The van der Waals surface area contributed by atoms with Crippen LogP contribution in [0.5, 0.6) is 0 Å². The Bertz CT molecular complexity index is 145. The summed E-state index contributed by atoms with van der Waals surface area (Å²) in [6.07, 6.45) is 0. The van der Waals surface area contributed by atoms with E-state index in [1.807, 2.05) is 0 Å². The van der Waals surface area contributed by atoms with Crippen LogP contribution in [0.3, 0.4) is 0 Å². The molecule has 0 aromatic rings. The smallest absolute Gasteiger partial charge is 0.150 e. The minimum atomic E-state index is 1.04. The first-order valence-corrected chi connectivity index (χ1v) is 5.38. The van der Waals surface area contributed by atoms with E-state index in [1.165, 1.54) is 0 Å². The maximum Gasteiger partial charge on any atom is 0.150 e. The Hall–Kier alpha value is 0.200. The molecule has 11 heavy (non-hydrogen) atoms. The molecule has 0 N–H and O–H groups in total. The molecule has 1 saturated heterocycles. The average Bonchev–Trinajstić information content (AvgIpc) is 2.40. The van der Waals surface area contributed by atoms with Crippen LogP contribution in [-0.4, -0.2) is 39.7 Å². The predicted octanol–water partition coefficient (Wildman–Crippen LogP) is 1.58. The summed E-state index contributed by atoms with van der Waals surface area (Å²) >= 11 is 6.98. The van der Waals surface area contributed by atoms with Gasteiger partial charge in [0.05, 0.1) is 0 Å². The minimum Gasteiger partial charge on any atom is -0.290 e. The fraction of sp³-hybridized carbons (Fsp3) is 0.857. The Kier molecular flexibility index (Phi) is 3.62. The highest BCUT2D eigenvalue weighted by Crippen LogP contribution is 2.19. The van der Waals surface area contributed by atoms with Gasteiger partial charge in [-0.05, 0) is 0 Å². The molecular formula is C7H14N2S2. The van der Waals surface area contributed by atoms with E-state index in [-0.39, 0.29) is 0 Å². The zero-order valence-electron chi connectivity index (χ0n) is 7.04. The van der Waals surface area contributed by atoms with E-state index in [1.54, 1.807) is 11.8 Å². The summed E-state index contributed by atoms with van der Waals surface area (Å²) in [5.41, 5.74) is 0. The van der Waals surface area contributed by atoms with Crippen LogP contribution in [0.4, 0.5) is 0 Å². The van der Waals surface area contributed by atoms with Crippen molar-refractivity contribution in [1.29, 1.82) is 0 Å². The third-order valence-corrected chi connectivity index (χ3v) is 3.22. The standard InChI is InChI=1S/C7H14N2S2/c1-3-8(4-2)9-5-6-11-7(9)10/h3-6H2,1-2H3. The van der Waals surface area contributed by atoms with E-state index in [4.69, 9.17) is 12.2 Å². The van der Waals surface area contributed by atoms with Crippen molar-refractivity contribution in [3.8, 4) is 0 Å². The van der Waals surface area contributed by atoms with Crippen molar-refractivity contribution in [3.05, 3.63) is 0 Å². The van der Waals surface area contributed by atoms with Crippen molar-refractivity contribution in [3.63, 3.8) is 0 Å². The summed E-state index contributed by atoms with van der Waals surface area (Å²) in [6, 6.07) is 0. The highest BCUT2D eigenvalue weighted by Gasteiger charge is 2.21. The molecule has 0 atom stereocenters. The van der Waals surface area contributed by atoms with Crippen LogP contribution in [0, 0.1) is 0 Å². The molecule has 1 fully saturated rings. The van der Waals surface area contributed by atoms with Crippen LogP contribution >= 0.6 is 24.0 Å². The lowest BCUT2D eigenvalue weighted by molar-refractivity contribution is 0.0728. The van der Waals surface area contributed by atoms with Gasteiger partial charge in [-0.3, -0.25) is 5.01 Å². The van der Waals surface area contributed by atoms with Gasteiger partial charge in [0.2, 0.25) is 0 Å². The second kappa shape index (κ2) is 4.28. The van der Waals surface area contributed by atoms with Gasteiger partial charge >= 0.3 is 0 Å². The molecule has 1 rings (SSSR count). The maximum absolute atomic E-state index is 5.20. The van der Waals surface area contributed by atoms with Crippen LogP contribution in [0.25, 0.3) is 0 Å². The topological polar surface area (TPSA) is 6.48 Å². The van der Waals surface area contributed by atoms with E-state index in [0.29, 0.717) is 0 Å². The molecule has 0 unspecified atom stereocenters. The van der Waals surface area contributed by atoms with Crippen LogP contribution in [0.1, 0.15) is 13.8 Å². The number of rotatable bonds is 3. The Balaban J connectivity index is 2.49. The summed E-state index contributed by atoms with van der Waals surface area (Å²) in [6.45, 7) is 7.52. The molecule has 2 nitrogen and oxygen atoms in total. The molecule has 1 aliphatic heterocycles. The van der Waals surface area contributed by atoms with Gasteiger partial charge in [-0.1, -0.05) is 37.8 Å². The Morgan fingerprint density at radius 1 is 1.55 bits per heavy atom. The van der Waals surface area contributed by atoms with Gasteiger partial charge < -0.3 is 0 Å². The summed E-state index contributed by atoms with van der Waals surface area (Å²) in [4.78, 5) is 0. The molecule has 1 aliphatic rings. The molecule has 0 radical (unpaired) electrons. The van der Waals surface area contributed by atoms with Crippen molar-refractivity contribution < 1.29 is 0 Å². The number of nitrogens with zero attached hydrogens (tertiary/aromatic N) is 2. The molecular weight excluding hydrogens is 176 g/mol. The van der Waals surface area contributed by atoms with E-state index < -0.39 is 0 Å². The van der Waals surface area contributed by atoms with Gasteiger partial charge in [-0.15, -0.1) is 0 Å². The van der Waals surface area contributed by atoms with Crippen molar-refractivity contribution in [2.45, 2.75) is 13.8 Å². The number of hydrazine groups is 1. The van der Waals surface area contributed by atoms with Crippen molar-refractivity contribution in [2.75, 3.05) is 25.4 Å².